The van der Waals surface area contributed by atoms with Crippen LogP contribution in [0.4, 0.5) is 0 Å². The van der Waals surface area contributed by atoms with E-state index in [2.05, 4.69) is 0 Å². The molecule has 0 N–H and O–H groups in total. The fraction of sp³-hybridized carbons (Fsp3) is 0.500. The summed E-state index contributed by atoms with van der Waals surface area (Å²) in [5, 5.41) is 0. The van der Waals surface area contributed by atoms with Crippen LogP contribution >= 0.6 is 0 Å². The van der Waals surface area contributed by atoms with Crippen molar-refractivity contribution in [1.82, 2.24) is 4.31 Å². The molecule has 1 atom stereocenters. The van der Waals surface area contributed by atoms with Gasteiger partial charge in [-0.3, -0.25) is 4.79 Å². The lowest BCUT2D eigenvalue weighted by molar-refractivity contribution is -0.125. The molecule has 5 heteroatoms. The fourth-order valence-electron chi connectivity index (χ4n) is 2.44. The summed E-state index contributed by atoms with van der Waals surface area (Å²) >= 11 is 0. The van der Waals surface area contributed by atoms with Crippen LogP contribution in [0.25, 0.3) is 0 Å². The Labute approximate surface area is 114 Å². The number of aryl methyl sites for hydroxylation is 1. The standard InChI is InChI=1S/C14H19NO3S/c1-3-12-10-15(9-8-13(12)16)19(17,18)14-7-5-4-6-11(14)2/h4-7,12H,3,8-10H2,1-2H3. The first-order valence-corrected chi connectivity index (χ1v) is 7.99. The minimum Gasteiger partial charge on any atom is -0.299 e. The Bertz CT molecular complexity index is 580. The number of Topliss-reactive ketones (excluding diaryl/α,β-unsaturated/α-hetero) is 1. The molecule has 4 nitrogen and oxygen atoms in total. The summed E-state index contributed by atoms with van der Waals surface area (Å²) in [7, 11) is -3.48. The molecule has 1 saturated heterocycles. The van der Waals surface area contributed by atoms with Crippen LogP contribution in [0.15, 0.2) is 29.2 Å². The molecule has 0 aliphatic carbocycles. The van der Waals surface area contributed by atoms with Crippen molar-refractivity contribution in [3.8, 4) is 0 Å². The number of sulfonamides is 1. The van der Waals surface area contributed by atoms with Gasteiger partial charge >= 0.3 is 0 Å². The quantitative estimate of drug-likeness (QED) is 0.851. The van der Waals surface area contributed by atoms with Gasteiger partial charge in [-0.05, 0) is 25.0 Å². The first-order valence-electron chi connectivity index (χ1n) is 6.55. The third-order valence-electron chi connectivity index (χ3n) is 3.69. The van der Waals surface area contributed by atoms with Gasteiger partial charge in [-0.15, -0.1) is 0 Å². The maximum atomic E-state index is 12.6. The maximum Gasteiger partial charge on any atom is 0.243 e. The highest BCUT2D eigenvalue weighted by atomic mass is 32.2. The number of benzene rings is 1. The molecule has 1 heterocycles. The number of carbonyl (C=O) groups excluding carboxylic acids is 1. The molecular weight excluding hydrogens is 262 g/mol. The Morgan fingerprint density at radius 1 is 1.32 bits per heavy atom. The van der Waals surface area contributed by atoms with E-state index in [9.17, 15) is 13.2 Å². The van der Waals surface area contributed by atoms with E-state index in [4.69, 9.17) is 0 Å². The second-order valence-corrected chi connectivity index (χ2v) is 6.86. The molecule has 0 radical (unpaired) electrons. The van der Waals surface area contributed by atoms with Crippen LogP contribution in [0.2, 0.25) is 0 Å². The molecule has 1 aromatic carbocycles. The largest absolute Gasteiger partial charge is 0.299 e. The number of rotatable bonds is 3. The second-order valence-electron chi connectivity index (χ2n) is 4.95. The average molecular weight is 281 g/mol. The Morgan fingerprint density at radius 2 is 2.00 bits per heavy atom. The highest BCUT2D eigenvalue weighted by Gasteiger charge is 2.34. The Kier molecular flexibility index (Phi) is 4.06. The predicted octanol–water partition coefficient (Wildman–Crippen LogP) is 1.98. The number of ketones is 1. The molecule has 19 heavy (non-hydrogen) atoms. The summed E-state index contributed by atoms with van der Waals surface area (Å²) in [5.74, 6) is 0.0197. The van der Waals surface area contributed by atoms with Gasteiger partial charge in [0.1, 0.15) is 5.78 Å². The smallest absolute Gasteiger partial charge is 0.243 e. The van der Waals surface area contributed by atoms with Crippen LogP contribution in [0, 0.1) is 12.8 Å². The van der Waals surface area contributed by atoms with Crippen LogP contribution in [0.5, 0.6) is 0 Å². The molecule has 104 valence electrons. The van der Waals surface area contributed by atoms with Crippen molar-refractivity contribution in [2.45, 2.75) is 31.6 Å². The third-order valence-corrected chi connectivity index (χ3v) is 5.72. The average Bonchev–Trinajstić information content (AvgIpc) is 2.39. The van der Waals surface area contributed by atoms with Crippen LogP contribution in [0.3, 0.4) is 0 Å². The zero-order chi connectivity index (χ0) is 14.0. The van der Waals surface area contributed by atoms with E-state index in [0.717, 1.165) is 5.56 Å². The van der Waals surface area contributed by atoms with Gasteiger partial charge in [0.05, 0.1) is 4.90 Å². The van der Waals surface area contributed by atoms with Gasteiger partial charge in [0, 0.05) is 25.4 Å². The van der Waals surface area contributed by atoms with Crippen molar-refractivity contribution in [3.05, 3.63) is 29.8 Å². The van der Waals surface area contributed by atoms with E-state index < -0.39 is 10.0 Å². The minimum atomic E-state index is -3.48. The van der Waals surface area contributed by atoms with Gasteiger partial charge in [-0.25, -0.2) is 8.42 Å². The number of nitrogens with zero attached hydrogens (tertiary/aromatic N) is 1. The summed E-state index contributed by atoms with van der Waals surface area (Å²) in [4.78, 5) is 12.0. The van der Waals surface area contributed by atoms with Crippen LogP contribution in [-0.4, -0.2) is 31.6 Å². The molecule has 0 saturated carbocycles. The van der Waals surface area contributed by atoms with Crippen molar-refractivity contribution >= 4 is 15.8 Å². The molecule has 1 aliphatic heterocycles. The molecule has 1 unspecified atom stereocenters. The van der Waals surface area contributed by atoms with E-state index >= 15 is 0 Å². The Hall–Kier alpha value is -1.20. The van der Waals surface area contributed by atoms with E-state index in [1.807, 2.05) is 13.0 Å². The van der Waals surface area contributed by atoms with Crippen molar-refractivity contribution in [2.75, 3.05) is 13.1 Å². The lowest BCUT2D eigenvalue weighted by atomic mass is 9.96. The van der Waals surface area contributed by atoms with Gasteiger partial charge in [0.15, 0.2) is 0 Å². The second kappa shape index (κ2) is 5.43. The highest BCUT2D eigenvalue weighted by molar-refractivity contribution is 7.89. The third kappa shape index (κ3) is 2.72. The minimum absolute atomic E-state index is 0.160. The Morgan fingerprint density at radius 3 is 2.63 bits per heavy atom. The molecule has 1 fully saturated rings. The summed E-state index contributed by atoms with van der Waals surface area (Å²) in [6, 6.07) is 6.97. The summed E-state index contributed by atoms with van der Waals surface area (Å²) in [6.45, 7) is 4.32. The van der Waals surface area contributed by atoms with Gasteiger partial charge in [0.2, 0.25) is 10.0 Å². The van der Waals surface area contributed by atoms with Gasteiger partial charge in [-0.2, -0.15) is 4.31 Å². The number of carbonyl (C=O) groups is 1. The SMILES string of the molecule is CCC1CN(S(=O)(=O)c2ccccc2C)CCC1=O. The highest BCUT2D eigenvalue weighted by Crippen LogP contribution is 2.25. The monoisotopic (exact) mass is 281 g/mol. The van der Waals surface area contributed by atoms with E-state index in [1.165, 1.54) is 4.31 Å². The van der Waals surface area contributed by atoms with E-state index in [1.54, 1.807) is 25.1 Å². The van der Waals surface area contributed by atoms with Crippen LogP contribution in [-0.2, 0) is 14.8 Å². The number of piperidine rings is 1. The lowest BCUT2D eigenvalue weighted by Gasteiger charge is -2.30. The molecule has 1 aliphatic rings. The fourth-order valence-corrected chi connectivity index (χ4v) is 4.15. The molecule has 2 rings (SSSR count). The zero-order valence-corrected chi connectivity index (χ0v) is 12.1. The van der Waals surface area contributed by atoms with Gasteiger partial charge in [-0.1, -0.05) is 25.1 Å². The van der Waals surface area contributed by atoms with Crippen LogP contribution < -0.4 is 0 Å². The summed E-state index contributed by atoms with van der Waals surface area (Å²) in [5.41, 5.74) is 0.743. The molecule has 1 aromatic rings. The van der Waals surface area contributed by atoms with Gasteiger partial charge < -0.3 is 0 Å². The molecular formula is C14H19NO3S. The van der Waals surface area contributed by atoms with Crippen molar-refractivity contribution < 1.29 is 13.2 Å². The summed E-state index contributed by atoms with van der Waals surface area (Å²) in [6.07, 6.45) is 1.02. The molecule has 0 spiro atoms. The molecule has 0 amide bonds. The van der Waals surface area contributed by atoms with E-state index in [-0.39, 0.29) is 11.7 Å². The molecule has 0 bridgehead atoms. The molecule has 0 aromatic heterocycles. The normalized spacial score (nSPS) is 21.6. The topological polar surface area (TPSA) is 54.5 Å². The van der Waals surface area contributed by atoms with E-state index in [0.29, 0.717) is 30.8 Å². The van der Waals surface area contributed by atoms with Gasteiger partial charge in [0.25, 0.3) is 0 Å². The van der Waals surface area contributed by atoms with Crippen molar-refractivity contribution in [2.24, 2.45) is 5.92 Å². The zero-order valence-electron chi connectivity index (χ0n) is 11.3. The van der Waals surface area contributed by atoms with Crippen molar-refractivity contribution in [1.29, 1.82) is 0 Å². The van der Waals surface area contributed by atoms with Crippen LogP contribution in [0.1, 0.15) is 25.3 Å². The Balaban J connectivity index is 2.31. The summed E-state index contributed by atoms with van der Waals surface area (Å²) < 4.78 is 26.6. The number of hydrogen-bond acceptors (Lipinski definition) is 3. The van der Waals surface area contributed by atoms with Crippen molar-refractivity contribution in [3.63, 3.8) is 0 Å². The lowest BCUT2D eigenvalue weighted by Crippen LogP contribution is -2.44. The predicted molar refractivity (Wildman–Crippen MR) is 73.3 cm³/mol. The maximum absolute atomic E-state index is 12.6. The number of hydrogen-bond donors (Lipinski definition) is 0. The first kappa shape index (κ1) is 14.2. The first-order chi connectivity index (χ1) is 8.96.